The fourth-order valence-corrected chi connectivity index (χ4v) is 1.92. The third-order valence-electron chi connectivity index (χ3n) is 3.22. The molecule has 1 N–H and O–H groups in total. The molecule has 102 valence electrons. The Kier molecular flexibility index (Phi) is 5.21. The quantitative estimate of drug-likeness (QED) is 0.859. The molecule has 1 rings (SSSR count). The average molecular weight is 249 g/mol. The fourth-order valence-electron chi connectivity index (χ4n) is 1.92. The molecule has 0 spiro atoms. The van der Waals surface area contributed by atoms with Crippen LogP contribution in [0.5, 0.6) is 5.75 Å². The Hall–Kier alpha value is -1.02. The van der Waals surface area contributed by atoms with Crippen LogP contribution >= 0.6 is 0 Å². The molecule has 2 nitrogen and oxygen atoms in total. The number of hydrogen-bond donors (Lipinski definition) is 1. The van der Waals surface area contributed by atoms with Gasteiger partial charge in [0, 0.05) is 6.54 Å². The van der Waals surface area contributed by atoms with Crippen LogP contribution in [0.15, 0.2) is 18.2 Å². The highest BCUT2D eigenvalue weighted by molar-refractivity contribution is 5.38. The second-order valence-corrected chi connectivity index (χ2v) is 5.94. The van der Waals surface area contributed by atoms with Crippen LogP contribution < -0.4 is 10.1 Å². The van der Waals surface area contributed by atoms with E-state index in [1.165, 1.54) is 11.1 Å². The van der Waals surface area contributed by atoms with E-state index in [9.17, 15) is 0 Å². The first-order chi connectivity index (χ1) is 8.38. The largest absolute Gasteiger partial charge is 0.489 e. The predicted octanol–water partition coefficient (Wildman–Crippen LogP) is 3.67. The van der Waals surface area contributed by atoms with Crippen molar-refractivity contribution in [1.82, 2.24) is 5.32 Å². The molecule has 1 aromatic rings. The van der Waals surface area contributed by atoms with E-state index in [1.54, 1.807) is 0 Å². The first kappa shape index (κ1) is 15.0. The highest BCUT2D eigenvalue weighted by atomic mass is 16.5. The number of hydrogen-bond acceptors (Lipinski definition) is 2. The summed E-state index contributed by atoms with van der Waals surface area (Å²) < 4.78 is 6.04. The van der Waals surface area contributed by atoms with Crippen molar-refractivity contribution in [3.63, 3.8) is 0 Å². The van der Waals surface area contributed by atoms with Gasteiger partial charge in [-0.05, 0) is 43.0 Å². The summed E-state index contributed by atoms with van der Waals surface area (Å²) in [5.74, 6) is 1.00. The van der Waals surface area contributed by atoms with Crippen molar-refractivity contribution in [1.29, 1.82) is 0 Å². The Morgan fingerprint density at radius 1 is 1.28 bits per heavy atom. The standard InChI is InChI=1S/C16H27NO/c1-7-14(11-17-6)18-15-9-8-13(10-12(15)2)16(3,4)5/h8-10,14,17H,7,11H2,1-6H3. The summed E-state index contributed by atoms with van der Waals surface area (Å²) >= 11 is 0. The molecule has 0 heterocycles. The molecule has 0 saturated heterocycles. The van der Waals surface area contributed by atoms with E-state index >= 15 is 0 Å². The molecule has 0 amide bonds. The lowest BCUT2D eigenvalue weighted by atomic mass is 9.86. The monoisotopic (exact) mass is 249 g/mol. The van der Waals surface area contributed by atoms with Crippen molar-refractivity contribution in [2.45, 2.75) is 52.6 Å². The number of rotatable bonds is 5. The summed E-state index contributed by atoms with van der Waals surface area (Å²) in [5.41, 5.74) is 2.77. The predicted molar refractivity (Wildman–Crippen MR) is 78.5 cm³/mol. The Balaban J connectivity index is 2.85. The van der Waals surface area contributed by atoms with Gasteiger partial charge in [0.2, 0.25) is 0 Å². The fraction of sp³-hybridized carbons (Fsp3) is 0.625. The van der Waals surface area contributed by atoms with E-state index in [2.05, 4.69) is 58.1 Å². The van der Waals surface area contributed by atoms with Crippen LogP contribution in [0.4, 0.5) is 0 Å². The molecule has 18 heavy (non-hydrogen) atoms. The minimum atomic E-state index is 0.193. The van der Waals surface area contributed by atoms with Gasteiger partial charge in [-0.3, -0.25) is 0 Å². The second-order valence-electron chi connectivity index (χ2n) is 5.94. The van der Waals surface area contributed by atoms with Crippen molar-refractivity contribution >= 4 is 0 Å². The molecule has 0 radical (unpaired) electrons. The molecule has 2 heteroatoms. The number of ether oxygens (including phenoxy) is 1. The molecular formula is C16H27NO. The second kappa shape index (κ2) is 6.24. The van der Waals surface area contributed by atoms with Gasteiger partial charge in [0.05, 0.1) is 0 Å². The van der Waals surface area contributed by atoms with Crippen LogP contribution in [-0.4, -0.2) is 19.7 Å². The van der Waals surface area contributed by atoms with Gasteiger partial charge in [-0.25, -0.2) is 0 Å². The molecule has 1 aromatic carbocycles. The Bertz CT molecular complexity index is 379. The molecule has 1 unspecified atom stereocenters. The summed E-state index contributed by atoms with van der Waals surface area (Å²) in [6.45, 7) is 11.9. The normalized spacial score (nSPS) is 13.4. The van der Waals surface area contributed by atoms with Gasteiger partial charge in [0.25, 0.3) is 0 Å². The van der Waals surface area contributed by atoms with Crippen LogP contribution in [0.2, 0.25) is 0 Å². The molecule has 0 aliphatic heterocycles. The Labute approximate surface area is 112 Å². The zero-order valence-electron chi connectivity index (χ0n) is 12.6. The molecule has 1 atom stereocenters. The maximum absolute atomic E-state index is 6.04. The highest BCUT2D eigenvalue weighted by Gasteiger charge is 2.15. The summed E-state index contributed by atoms with van der Waals surface area (Å²) in [6.07, 6.45) is 1.26. The van der Waals surface area contributed by atoms with E-state index in [0.717, 1.165) is 18.7 Å². The van der Waals surface area contributed by atoms with E-state index in [-0.39, 0.29) is 11.5 Å². The molecule has 0 saturated carbocycles. The third kappa shape index (κ3) is 4.02. The molecule has 0 aliphatic rings. The summed E-state index contributed by atoms with van der Waals surface area (Å²) in [4.78, 5) is 0. The molecule has 0 fully saturated rings. The first-order valence-corrected chi connectivity index (χ1v) is 6.81. The van der Waals surface area contributed by atoms with Crippen molar-refractivity contribution in [2.24, 2.45) is 0 Å². The van der Waals surface area contributed by atoms with Crippen LogP contribution in [0.25, 0.3) is 0 Å². The van der Waals surface area contributed by atoms with Crippen molar-refractivity contribution in [3.05, 3.63) is 29.3 Å². The van der Waals surface area contributed by atoms with Crippen LogP contribution in [0, 0.1) is 6.92 Å². The number of likely N-dealkylation sites (N-methyl/N-ethyl adjacent to an activating group) is 1. The van der Waals surface area contributed by atoms with E-state index in [4.69, 9.17) is 4.74 Å². The average Bonchev–Trinajstić information content (AvgIpc) is 2.29. The van der Waals surface area contributed by atoms with E-state index < -0.39 is 0 Å². The molecule has 0 aliphatic carbocycles. The van der Waals surface area contributed by atoms with Crippen LogP contribution in [0.3, 0.4) is 0 Å². The van der Waals surface area contributed by atoms with E-state index in [1.807, 2.05) is 7.05 Å². The van der Waals surface area contributed by atoms with Crippen molar-refractivity contribution in [3.8, 4) is 5.75 Å². The lowest BCUT2D eigenvalue weighted by Gasteiger charge is -2.22. The Morgan fingerprint density at radius 2 is 1.94 bits per heavy atom. The van der Waals surface area contributed by atoms with Crippen molar-refractivity contribution in [2.75, 3.05) is 13.6 Å². The molecule has 0 bridgehead atoms. The summed E-state index contributed by atoms with van der Waals surface area (Å²) in [7, 11) is 1.96. The topological polar surface area (TPSA) is 21.3 Å². The maximum atomic E-state index is 6.04. The first-order valence-electron chi connectivity index (χ1n) is 6.81. The highest BCUT2D eigenvalue weighted by Crippen LogP contribution is 2.28. The number of aryl methyl sites for hydroxylation is 1. The summed E-state index contributed by atoms with van der Waals surface area (Å²) in [5, 5.41) is 3.17. The third-order valence-corrected chi connectivity index (χ3v) is 3.22. The lowest BCUT2D eigenvalue weighted by molar-refractivity contribution is 0.195. The minimum absolute atomic E-state index is 0.193. The minimum Gasteiger partial charge on any atom is -0.489 e. The maximum Gasteiger partial charge on any atom is 0.122 e. The number of nitrogens with one attached hydrogen (secondary N) is 1. The Morgan fingerprint density at radius 3 is 2.39 bits per heavy atom. The van der Waals surface area contributed by atoms with Gasteiger partial charge < -0.3 is 10.1 Å². The zero-order valence-corrected chi connectivity index (χ0v) is 12.6. The van der Waals surface area contributed by atoms with Gasteiger partial charge in [0.1, 0.15) is 11.9 Å². The van der Waals surface area contributed by atoms with Gasteiger partial charge in [-0.1, -0.05) is 39.8 Å². The van der Waals surface area contributed by atoms with Gasteiger partial charge >= 0.3 is 0 Å². The zero-order chi connectivity index (χ0) is 13.8. The van der Waals surface area contributed by atoms with Gasteiger partial charge in [-0.15, -0.1) is 0 Å². The smallest absolute Gasteiger partial charge is 0.122 e. The van der Waals surface area contributed by atoms with Gasteiger partial charge in [-0.2, -0.15) is 0 Å². The summed E-state index contributed by atoms with van der Waals surface area (Å²) in [6, 6.07) is 6.52. The van der Waals surface area contributed by atoms with Gasteiger partial charge in [0.15, 0.2) is 0 Å². The molecule has 0 aromatic heterocycles. The molecular weight excluding hydrogens is 222 g/mol. The SMILES string of the molecule is CCC(CNC)Oc1ccc(C(C)(C)C)cc1C. The van der Waals surface area contributed by atoms with Crippen molar-refractivity contribution < 1.29 is 4.74 Å². The van der Waals surface area contributed by atoms with Crippen LogP contribution in [-0.2, 0) is 5.41 Å². The number of benzene rings is 1. The van der Waals surface area contributed by atoms with E-state index in [0.29, 0.717) is 0 Å². The van der Waals surface area contributed by atoms with Crippen LogP contribution in [0.1, 0.15) is 45.2 Å². The lowest BCUT2D eigenvalue weighted by Crippen LogP contribution is -2.28.